The Kier molecular flexibility index (Phi) is 5.68. The number of rotatable bonds is 7. The van der Waals surface area contributed by atoms with E-state index in [0.29, 0.717) is 12.2 Å². The molecule has 0 saturated heterocycles. The first-order valence-corrected chi connectivity index (χ1v) is 7.05. The first kappa shape index (κ1) is 16.2. The van der Waals surface area contributed by atoms with Crippen molar-refractivity contribution in [2.75, 3.05) is 20.8 Å². The van der Waals surface area contributed by atoms with Crippen LogP contribution in [0.2, 0.25) is 0 Å². The van der Waals surface area contributed by atoms with E-state index < -0.39 is 0 Å². The second-order valence-corrected chi connectivity index (χ2v) is 4.97. The smallest absolute Gasteiger partial charge is 0.276 e. The summed E-state index contributed by atoms with van der Waals surface area (Å²) in [5.41, 5.74) is 1.20. The third-order valence-electron chi connectivity index (χ3n) is 3.44. The standard InChI is InChI=1S/C16H20N2O4/c1-18(15(8-9-19)12-6-4-3-5-7-12)16(20)14-10-13(11-21-2)22-17-14/h3-7,10,15,19H,8-9,11H2,1-2H3. The minimum atomic E-state index is -0.256. The molecule has 1 atom stereocenters. The van der Waals surface area contributed by atoms with Crippen LogP contribution >= 0.6 is 0 Å². The Morgan fingerprint density at radius 2 is 2.14 bits per heavy atom. The van der Waals surface area contributed by atoms with Gasteiger partial charge >= 0.3 is 0 Å². The van der Waals surface area contributed by atoms with Gasteiger partial charge in [-0.25, -0.2) is 0 Å². The average Bonchev–Trinajstić information content (AvgIpc) is 3.01. The number of benzene rings is 1. The fourth-order valence-electron chi connectivity index (χ4n) is 2.33. The number of ether oxygens (including phenoxy) is 1. The third-order valence-corrected chi connectivity index (χ3v) is 3.44. The molecule has 1 aromatic carbocycles. The molecule has 1 unspecified atom stereocenters. The highest BCUT2D eigenvalue weighted by Gasteiger charge is 2.24. The van der Waals surface area contributed by atoms with E-state index in [4.69, 9.17) is 9.26 Å². The van der Waals surface area contributed by atoms with Gasteiger partial charge in [0.2, 0.25) is 0 Å². The van der Waals surface area contributed by atoms with Gasteiger partial charge in [-0.2, -0.15) is 0 Å². The Morgan fingerprint density at radius 1 is 1.41 bits per heavy atom. The van der Waals surface area contributed by atoms with Crippen LogP contribution in [0.5, 0.6) is 0 Å². The molecule has 2 aromatic rings. The highest BCUT2D eigenvalue weighted by molar-refractivity contribution is 5.92. The number of hydrogen-bond acceptors (Lipinski definition) is 5. The molecule has 0 aliphatic rings. The molecule has 6 heteroatoms. The van der Waals surface area contributed by atoms with Gasteiger partial charge in [-0.1, -0.05) is 35.5 Å². The molecule has 0 aliphatic heterocycles. The predicted molar refractivity (Wildman–Crippen MR) is 80.2 cm³/mol. The van der Waals surface area contributed by atoms with Crippen molar-refractivity contribution in [3.63, 3.8) is 0 Å². The molecule has 1 aromatic heterocycles. The minimum Gasteiger partial charge on any atom is -0.396 e. The maximum atomic E-state index is 12.5. The Labute approximate surface area is 129 Å². The fourth-order valence-corrected chi connectivity index (χ4v) is 2.33. The van der Waals surface area contributed by atoms with Crippen LogP contribution < -0.4 is 0 Å². The van der Waals surface area contributed by atoms with Gasteiger partial charge in [0.15, 0.2) is 11.5 Å². The van der Waals surface area contributed by atoms with Crippen LogP contribution in [0.3, 0.4) is 0 Å². The van der Waals surface area contributed by atoms with Crippen molar-refractivity contribution < 1.29 is 19.2 Å². The quantitative estimate of drug-likeness (QED) is 0.847. The maximum absolute atomic E-state index is 12.5. The normalized spacial score (nSPS) is 12.1. The summed E-state index contributed by atoms with van der Waals surface area (Å²) in [6.07, 6.45) is 0.453. The minimum absolute atomic E-state index is 0.00901. The van der Waals surface area contributed by atoms with Crippen LogP contribution in [0.1, 0.15) is 34.3 Å². The largest absolute Gasteiger partial charge is 0.396 e. The zero-order valence-electron chi connectivity index (χ0n) is 12.7. The Hall–Kier alpha value is -2.18. The molecule has 0 spiro atoms. The number of carbonyl (C=O) groups is 1. The molecule has 0 fully saturated rings. The van der Waals surface area contributed by atoms with Crippen molar-refractivity contribution in [2.24, 2.45) is 0 Å². The number of aliphatic hydroxyl groups is 1. The van der Waals surface area contributed by atoms with Gasteiger partial charge in [0.1, 0.15) is 6.61 Å². The van der Waals surface area contributed by atoms with Crippen LogP contribution in [0, 0.1) is 0 Å². The Morgan fingerprint density at radius 3 is 2.77 bits per heavy atom. The van der Waals surface area contributed by atoms with E-state index >= 15 is 0 Å². The van der Waals surface area contributed by atoms with Gasteiger partial charge in [0.05, 0.1) is 6.04 Å². The van der Waals surface area contributed by atoms with Crippen LogP contribution in [0.4, 0.5) is 0 Å². The highest BCUT2D eigenvalue weighted by Crippen LogP contribution is 2.24. The Bertz CT molecular complexity index is 597. The van der Waals surface area contributed by atoms with Crippen molar-refractivity contribution in [1.29, 1.82) is 0 Å². The maximum Gasteiger partial charge on any atom is 0.276 e. The van der Waals surface area contributed by atoms with E-state index in [1.165, 1.54) is 0 Å². The lowest BCUT2D eigenvalue weighted by Gasteiger charge is -2.27. The summed E-state index contributed by atoms with van der Waals surface area (Å²) in [5.74, 6) is 0.242. The molecule has 0 bridgehead atoms. The van der Waals surface area contributed by atoms with Crippen LogP contribution in [-0.4, -0.2) is 41.8 Å². The van der Waals surface area contributed by atoms with Gasteiger partial charge in [-0.05, 0) is 12.0 Å². The van der Waals surface area contributed by atoms with E-state index in [9.17, 15) is 9.90 Å². The second-order valence-electron chi connectivity index (χ2n) is 4.97. The van der Waals surface area contributed by atoms with Gasteiger partial charge in [-0.15, -0.1) is 0 Å². The van der Waals surface area contributed by atoms with E-state index in [1.807, 2.05) is 30.3 Å². The summed E-state index contributed by atoms with van der Waals surface area (Å²) in [6.45, 7) is 0.258. The summed E-state index contributed by atoms with van der Waals surface area (Å²) in [5, 5.41) is 13.1. The molecular formula is C16H20N2O4. The number of hydrogen-bond donors (Lipinski definition) is 1. The first-order chi connectivity index (χ1) is 10.7. The molecule has 1 N–H and O–H groups in total. The average molecular weight is 304 g/mol. The Balaban J connectivity index is 2.18. The molecule has 1 amide bonds. The van der Waals surface area contributed by atoms with Crippen LogP contribution in [0.15, 0.2) is 40.9 Å². The molecule has 0 saturated carbocycles. The van der Waals surface area contributed by atoms with Crippen molar-refractivity contribution in [1.82, 2.24) is 10.1 Å². The molecule has 2 rings (SSSR count). The van der Waals surface area contributed by atoms with Gasteiger partial charge in [0, 0.05) is 26.8 Å². The lowest BCUT2D eigenvalue weighted by Crippen LogP contribution is -2.32. The molecular weight excluding hydrogens is 284 g/mol. The zero-order valence-corrected chi connectivity index (χ0v) is 12.7. The first-order valence-electron chi connectivity index (χ1n) is 7.05. The van der Waals surface area contributed by atoms with Crippen molar-refractivity contribution in [3.05, 3.63) is 53.4 Å². The lowest BCUT2D eigenvalue weighted by atomic mass is 10.0. The molecule has 118 valence electrons. The van der Waals surface area contributed by atoms with Crippen molar-refractivity contribution in [2.45, 2.75) is 19.1 Å². The predicted octanol–water partition coefficient (Wildman–Crippen LogP) is 2.02. The topological polar surface area (TPSA) is 75.8 Å². The van der Waals surface area contributed by atoms with Gasteiger partial charge < -0.3 is 19.3 Å². The summed E-state index contributed by atoms with van der Waals surface area (Å²) >= 11 is 0. The van der Waals surface area contributed by atoms with Gasteiger partial charge in [-0.3, -0.25) is 4.79 Å². The number of carbonyl (C=O) groups excluding carboxylic acids is 1. The number of aliphatic hydroxyl groups excluding tert-OH is 1. The van der Waals surface area contributed by atoms with E-state index in [0.717, 1.165) is 5.56 Å². The molecule has 6 nitrogen and oxygen atoms in total. The zero-order chi connectivity index (χ0) is 15.9. The third kappa shape index (κ3) is 3.72. The molecule has 0 aliphatic carbocycles. The van der Waals surface area contributed by atoms with Crippen molar-refractivity contribution >= 4 is 5.91 Å². The number of methoxy groups -OCH3 is 1. The highest BCUT2D eigenvalue weighted by atomic mass is 16.5. The lowest BCUT2D eigenvalue weighted by molar-refractivity contribution is 0.0694. The SMILES string of the molecule is COCc1cc(C(=O)N(C)C(CCO)c2ccccc2)no1. The number of nitrogens with zero attached hydrogens (tertiary/aromatic N) is 2. The summed E-state index contributed by atoms with van der Waals surface area (Å²) in [4.78, 5) is 14.1. The summed E-state index contributed by atoms with van der Waals surface area (Å²) in [7, 11) is 3.24. The van der Waals surface area contributed by atoms with Gasteiger partial charge in [0.25, 0.3) is 5.91 Å². The number of amides is 1. The van der Waals surface area contributed by atoms with E-state index in [2.05, 4.69) is 5.16 Å². The molecule has 0 radical (unpaired) electrons. The molecule has 1 heterocycles. The van der Waals surface area contributed by atoms with Crippen LogP contribution in [0.25, 0.3) is 0 Å². The number of aromatic nitrogens is 1. The van der Waals surface area contributed by atoms with E-state index in [-0.39, 0.29) is 30.9 Å². The monoisotopic (exact) mass is 304 g/mol. The molecule has 22 heavy (non-hydrogen) atoms. The fraction of sp³-hybridized carbons (Fsp3) is 0.375. The van der Waals surface area contributed by atoms with E-state index in [1.54, 1.807) is 25.1 Å². The second kappa shape index (κ2) is 7.72. The van der Waals surface area contributed by atoms with Crippen LogP contribution in [-0.2, 0) is 11.3 Å². The van der Waals surface area contributed by atoms with Crippen molar-refractivity contribution in [3.8, 4) is 0 Å². The summed E-state index contributed by atoms with van der Waals surface area (Å²) < 4.78 is 9.99. The summed E-state index contributed by atoms with van der Waals surface area (Å²) in [6, 6.07) is 10.9.